The van der Waals surface area contributed by atoms with Crippen molar-refractivity contribution in [1.82, 2.24) is 4.90 Å². The first-order valence-corrected chi connectivity index (χ1v) is 8.55. The molecule has 0 radical (unpaired) electrons. The van der Waals surface area contributed by atoms with Crippen molar-refractivity contribution in [3.05, 3.63) is 28.2 Å². The van der Waals surface area contributed by atoms with Gasteiger partial charge in [0.15, 0.2) is 0 Å². The van der Waals surface area contributed by atoms with Crippen molar-refractivity contribution in [1.29, 1.82) is 0 Å². The summed E-state index contributed by atoms with van der Waals surface area (Å²) in [4.78, 5) is 2.46. The van der Waals surface area contributed by atoms with Gasteiger partial charge in [-0.2, -0.15) is 0 Å². The van der Waals surface area contributed by atoms with Crippen LogP contribution in [0, 0.1) is 0 Å². The van der Waals surface area contributed by atoms with Crippen LogP contribution in [0.1, 0.15) is 39.7 Å². The topological polar surface area (TPSA) is 38.5 Å². The second kappa shape index (κ2) is 8.16. The Morgan fingerprint density at radius 2 is 1.90 bits per heavy atom. The molecule has 1 rings (SSSR count). The van der Waals surface area contributed by atoms with Crippen LogP contribution in [0.25, 0.3) is 0 Å². The monoisotopic (exact) mass is 356 g/mol. The molecule has 0 saturated carbocycles. The lowest BCUT2D eigenvalue weighted by molar-refractivity contribution is 0.0844. The highest BCUT2D eigenvalue weighted by Gasteiger charge is 2.34. The minimum Gasteiger partial charge on any atom is -0.497 e. The third-order valence-electron chi connectivity index (χ3n) is 4.69. The Morgan fingerprint density at radius 1 is 1.29 bits per heavy atom. The number of benzene rings is 1. The summed E-state index contributed by atoms with van der Waals surface area (Å²) >= 11 is 3.62. The SMILES string of the molecule is CCN(CC)C(C)(CC)C(N)Cc1cc(OC)ccc1Br. The fourth-order valence-corrected chi connectivity index (χ4v) is 3.37. The molecule has 120 valence electrons. The number of likely N-dealkylation sites (N-methyl/N-ethyl adjacent to an activating group) is 1. The van der Waals surface area contributed by atoms with Crippen LogP contribution in [0.3, 0.4) is 0 Å². The van der Waals surface area contributed by atoms with Crippen molar-refractivity contribution in [3.8, 4) is 5.75 Å². The lowest BCUT2D eigenvalue weighted by Gasteiger charge is -2.44. The van der Waals surface area contributed by atoms with Crippen LogP contribution in [0.15, 0.2) is 22.7 Å². The van der Waals surface area contributed by atoms with Crippen molar-refractivity contribution in [2.24, 2.45) is 5.73 Å². The number of halogens is 1. The number of nitrogens with two attached hydrogens (primary N) is 1. The predicted octanol–water partition coefficient (Wildman–Crippen LogP) is 3.84. The summed E-state index contributed by atoms with van der Waals surface area (Å²) in [6, 6.07) is 6.14. The van der Waals surface area contributed by atoms with Crippen molar-refractivity contribution in [3.63, 3.8) is 0 Å². The van der Waals surface area contributed by atoms with Gasteiger partial charge in [0.2, 0.25) is 0 Å². The van der Waals surface area contributed by atoms with E-state index in [-0.39, 0.29) is 11.6 Å². The van der Waals surface area contributed by atoms with Crippen molar-refractivity contribution in [2.75, 3.05) is 20.2 Å². The van der Waals surface area contributed by atoms with Crippen LogP contribution < -0.4 is 10.5 Å². The molecule has 0 aliphatic carbocycles. The Morgan fingerprint density at radius 3 is 2.38 bits per heavy atom. The molecule has 2 N–H and O–H groups in total. The zero-order valence-corrected chi connectivity index (χ0v) is 15.5. The van der Waals surface area contributed by atoms with Crippen LogP contribution >= 0.6 is 15.9 Å². The Bertz CT molecular complexity index is 448. The number of hydrogen-bond acceptors (Lipinski definition) is 3. The maximum atomic E-state index is 6.60. The summed E-state index contributed by atoms with van der Waals surface area (Å²) < 4.78 is 6.42. The van der Waals surface area contributed by atoms with Gasteiger partial charge in [0, 0.05) is 16.1 Å². The quantitative estimate of drug-likeness (QED) is 0.768. The standard InChI is InChI=1S/C17H29BrN2O/c1-6-17(4,20(7-2)8-3)16(19)12-13-11-14(21-5)9-10-15(13)18/h9-11,16H,6-8,12,19H2,1-5H3. The van der Waals surface area contributed by atoms with Gasteiger partial charge in [-0.1, -0.05) is 36.7 Å². The van der Waals surface area contributed by atoms with Crippen molar-refractivity contribution >= 4 is 15.9 Å². The van der Waals surface area contributed by atoms with Crippen LogP contribution in [-0.4, -0.2) is 36.7 Å². The second-order valence-corrected chi connectivity index (χ2v) is 6.51. The molecule has 0 saturated heterocycles. The van der Waals surface area contributed by atoms with Crippen LogP contribution in [0.4, 0.5) is 0 Å². The van der Waals surface area contributed by atoms with Gasteiger partial charge in [-0.05, 0) is 56.6 Å². The van der Waals surface area contributed by atoms with E-state index in [1.165, 1.54) is 5.56 Å². The van der Waals surface area contributed by atoms with E-state index >= 15 is 0 Å². The third-order valence-corrected chi connectivity index (χ3v) is 5.47. The first-order valence-electron chi connectivity index (χ1n) is 7.75. The lowest BCUT2D eigenvalue weighted by atomic mass is 9.84. The Hall–Kier alpha value is -0.580. The van der Waals surface area contributed by atoms with Crippen molar-refractivity contribution in [2.45, 2.75) is 52.1 Å². The average molecular weight is 357 g/mol. The summed E-state index contributed by atoms with van der Waals surface area (Å²) in [5.41, 5.74) is 7.81. The van der Waals surface area contributed by atoms with Crippen LogP contribution in [0.2, 0.25) is 0 Å². The minimum atomic E-state index is 0.00597. The first-order chi connectivity index (χ1) is 9.92. The van der Waals surface area contributed by atoms with Gasteiger partial charge in [0.05, 0.1) is 7.11 Å². The first kappa shape index (κ1) is 18.5. The Balaban J connectivity index is 2.99. The predicted molar refractivity (Wildman–Crippen MR) is 94.0 cm³/mol. The highest BCUT2D eigenvalue weighted by atomic mass is 79.9. The van der Waals surface area contributed by atoms with E-state index in [0.29, 0.717) is 0 Å². The number of ether oxygens (including phenoxy) is 1. The minimum absolute atomic E-state index is 0.00597. The molecule has 1 aromatic rings. The molecule has 4 heteroatoms. The van der Waals surface area contributed by atoms with Crippen LogP contribution in [-0.2, 0) is 6.42 Å². The summed E-state index contributed by atoms with van der Waals surface area (Å²) in [6.07, 6.45) is 1.87. The van der Waals surface area contributed by atoms with E-state index in [4.69, 9.17) is 10.5 Å². The van der Waals surface area contributed by atoms with Crippen LogP contribution in [0.5, 0.6) is 5.75 Å². The molecule has 0 bridgehead atoms. The second-order valence-electron chi connectivity index (χ2n) is 5.65. The van der Waals surface area contributed by atoms with Gasteiger partial charge in [0.25, 0.3) is 0 Å². The molecule has 2 atom stereocenters. The number of methoxy groups -OCH3 is 1. The van der Waals surface area contributed by atoms with E-state index < -0.39 is 0 Å². The lowest BCUT2D eigenvalue weighted by Crippen LogP contribution is -2.58. The van der Waals surface area contributed by atoms with E-state index in [2.05, 4.69) is 54.6 Å². The van der Waals surface area contributed by atoms with Gasteiger partial charge in [0.1, 0.15) is 5.75 Å². The zero-order chi connectivity index (χ0) is 16.0. The molecule has 0 aliphatic heterocycles. The highest BCUT2D eigenvalue weighted by molar-refractivity contribution is 9.10. The van der Waals surface area contributed by atoms with Gasteiger partial charge >= 0.3 is 0 Å². The average Bonchev–Trinajstić information content (AvgIpc) is 2.50. The molecular weight excluding hydrogens is 328 g/mol. The fraction of sp³-hybridized carbons (Fsp3) is 0.647. The molecule has 21 heavy (non-hydrogen) atoms. The maximum Gasteiger partial charge on any atom is 0.119 e. The van der Waals surface area contributed by atoms with Gasteiger partial charge in [-0.3, -0.25) is 4.90 Å². The molecule has 3 nitrogen and oxygen atoms in total. The Kier molecular flexibility index (Phi) is 7.17. The van der Waals surface area contributed by atoms with Gasteiger partial charge in [-0.15, -0.1) is 0 Å². The number of hydrogen-bond donors (Lipinski definition) is 1. The largest absolute Gasteiger partial charge is 0.497 e. The molecule has 0 spiro atoms. The smallest absolute Gasteiger partial charge is 0.119 e. The van der Waals surface area contributed by atoms with E-state index in [9.17, 15) is 0 Å². The van der Waals surface area contributed by atoms with Crippen molar-refractivity contribution < 1.29 is 4.74 Å². The number of nitrogens with zero attached hydrogens (tertiary/aromatic N) is 1. The highest BCUT2D eigenvalue weighted by Crippen LogP contribution is 2.29. The summed E-state index contributed by atoms with van der Waals surface area (Å²) in [7, 11) is 1.69. The molecule has 0 amide bonds. The molecule has 0 fully saturated rings. The molecule has 0 aliphatic rings. The normalized spacial score (nSPS) is 15.8. The van der Waals surface area contributed by atoms with Gasteiger partial charge in [-0.25, -0.2) is 0 Å². The number of rotatable bonds is 8. The Labute approximate surface area is 138 Å². The third kappa shape index (κ3) is 4.21. The summed E-state index contributed by atoms with van der Waals surface area (Å²) in [5, 5.41) is 0. The maximum absolute atomic E-state index is 6.60. The summed E-state index contributed by atoms with van der Waals surface area (Å²) in [6.45, 7) is 10.9. The fourth-order valence-electron chi connectivity index (χ4n) is 2.96. The van der Waals surface area contributed by atoms with Gasteiger partial charge < -0.3 is 10.5 Å². The molecule has 0 aromatic heterocycles. The molecule has 0 heterocycles. The zero-order valence-electron chi connectivity index (χ0n) is 13.9. The molecule has 2 unspecified atom stereocenters. The molecular formula is C17H29BrN2O. The van der Waals surface area contributed by atoms with E-state index in [0.717, 1.165) is 36.2 Å². The molecule has 1 aromatic carbocycles. The van der Waals surface area contributed by atoms with E-state index in [1.54, 1.807) is 7.11 Å². The van der Waals surface area contributed by atoms with E-state index in [1.807, 2.05) is 12.1 Å². The summed E-state index contributed by atoms with van der Waals surface area (Å²) in [5.74, 6) is 0.876.